The molecule has 0 fully saturated rings. The molecule has 0 radical (unpaired) electrons. The number of hydrogen-bond acceptors (Lipinski definition) is 4. The lowest BCUT2D eigenvalue weighted by atomic mass is 10.3. The number of para-hydroxylation sites is 2. The fourth-order valence-electron chi connectivity index (χ4n) is 2.07. The van der Waals surface area contributed by atoms with Crippen LogP contribution in [0.1, 0.15) is 5.69 Å². The molecular formula is C15H11ClN2O3S. The molecule has 0 aliphatic heterocycles. The van der Waals surface area contributed by atoms with Gasteiger partial charge in [0.25, 0.3) is 5.56 Å². The summed E-state index contributed by atoms with van der Waals surface area (Å²) in [6.07, 6.45) is 0. The standard InChI is InChI=1S/C15H11ClN2O3S/c16-10-5-7-11(8-6-10)22(20,21)9-14-15(19)18-13-4-2-1-3-12(13)17-14/h1-8H,9H2,(H,18,19). The van der Waals surface area contributed by atoms with Gasteiger partial charge in [0.1, 0.15) is 11.4 Å². The number of aromatic nitrogens is 2. The quantitative estimate of drug-likeness (QED) is 0.798. The maximum atomic E-state index is 12.4. The minimum Gasteiger partial charge on any atom is -0.319 e. The lowest BCUT2D eigenvalue weighted by Crippen LogP contribution is -2.19. The summed E-state index contributed by atoms with van der Waals surface area (Å²) in [6.45, 7) is 0. The topological polar surface area (TPSA) is 79.9 Å². The molecule has 0 unspecified atom stereocenters. The van der Waals surface area contributed by atoms with Crippen molar-refractivity contribution < 1.29 is 8.42 Å². The van der Waals surface area contributed by atoms with Gasteiger partial charge in [-0.05, 0) is 36.4 Å². The smallest absolute Gasteiger partial charge is 0.271 e. The van der Waals surface area contributed by atoms with Crippen molar-refractivity contribution in [3.63, 3.8) is 0 Å². The molecule has 0 spiro atoms. The zero-order valence-corrected chi connectivity index (χ0v) is 12.9. The van der Waals surface area contributed by atoms with Gasteiger partial charge in [-0.3, -0.25) is 4.79 Å². The van der Waals surface area contributed by atoms with Crippen LogP contribution in [0, 0.1) is 0 Å². The summed E-state index contributed by atoms with van der Waals surface area (Å²) in [6, 6.07) is 12.8. The Hall–Kier alpha value is -2.18. The van der Waals surface area contributed by atoms with Crippen molar-refractivity contribution in [2.75, 3.05) is 0 Å². The molecule has 5 nitrogen and oxygen atoms in total. The molecule has 0 saturated heterocycles. The summed E-state index contributed by atoms with van der Waals surface area (Å²) in [4.78, 5) is 18.9. The van der Waals surface area contributed by atoms with Gasteiger partial charge in [-0.25, -0.2) is 13.4 Å². The van der Waals surface area contributed by atoms with Gasteiger partial charge < -0.3 is 4.98 Å². The normalized spacial score (nSPS) is 11.7. The third-order valence-electron chi connectivity index (χ3n) is 3.17. The van der Waals surface area contributed by atoms with Gasteiger partial charge in [0.05, 0.1) is 15.9 Å². The van der Waals surface area contributed by atoms with E-state index in [1.807, 2.05) is 0 Å². The summed E-state index contributed by atoms with van der Waals surface area (Å²) in [5.41, 5.74) is 0.577. The number of halogens is 1. The highest BCUT2D eigenvalue weighted by molar-refractivity contribution is 7.90. The maximum absolute atomic E-state index is 12.4. The molecular weight excluding hydrogens is 324 g/mol. The SMILES string of the molecule is O=c1[nH]c2ccccc2nc1CS(=O)(=O)c1ccc(Cl)cc1. The van der Waals surface area contributed by atoms with Crippen LogP contribution in [0.3, 0.4) is 0 Å². The first-order chi connectivity index (χ1) is 10.5. The first kappa shape index (κ1) is 14.7. The van der Waals surface area contributed by atoms with Crippen LogP contribution in [0.4, 0.5) is 0 Å². The van der Waals surface area contributed by atoms with Crippen molar-refractivity contribution in [2.24, 2.45) is 0 Å². The van der Waals surface area contributed by atoms with Crippen molar-refractivity contribution in [3.8, 4) is 0 Å². The van der Waals surface area contributed by atoms with Crippen LogP contribution >= 0.6 is 11.6 Å². The molecule has 2 aromatic carbocycles. The fourth-order valence-corrected chi connectivity index (χ4v) is 3.47. The fraction of sp³-hybridized carbons (Fsp3) is 0.0667. The van der Waals surface area contributed by atoms with Crippen molar-refractivity contribution >= 4 is 32.5 Å². The average Bonchev–Trinajstić information content (AvgIpc) is 2.48. The minimum absolute atomic E-state index is 0.0337. The monoisotopic (exact) mass is 334 g/mol. The van der Waals surface area contributed by atoms with Gasteiger partial charge in [-0.2, -0.15) is 0 Å². The van der Waals surface area contributed by atoms with Gasteiger partial charge in [-0.1, -0.05) is 23.7 Å². The van der Waals surface area contributed by atoms with E-state index in [0.29, 0.717) is 16.1 Å². The number of benzene rings is 2. The number of sulfone groups is 1. The number of hydrogen-bond donors (Lipinski definition) is 1. The Bertz CT molecular complexity index is 995. The largest absolute Gasteiger partial charge is 0.319 e. The summed E-state index contributed by atoms with van der Waals surface area (Å²) < 4.78 is 24.7. The van der Waals surface area contributed by atoms with Crippen molar-refractivity contribution in [3.05, 3.63) is 69.6 Å². The Morgan fingerprint density at radius 2 is 1.73 bits per heavy atom. The molecule has 7 heteroatoms. The molecule has 0 bridgehead atoms. The highest BCUT2D eigenvalue weighted by atomic mass is 35.5. The predicted molar refractivity (Wildman–Crippen MR) is 84.7 cm³/mol. The first-order valence-electron chi connectivity index (χ1n) is 6.42. The van der Waals surface area contributed by atoms with E-state index in [9.17, 15) is 13.2 Å². The molecule has 22 heavy (non-hydrogen) atoms. The van der Waals surface area contributed by atoms with E-state index >= 15 is 0 Å². The van der Waals surface area contributed by atoms with Gasteiger partial charge >= 0.3 is 0 Å². The summed E-state index contributed by atoms with van der Waals surface area (Å²) in [5, 5.41) is 0.445. The molecule has 1 N–H and O–H groups in total. The molecule has 3 aromatic rings. The molecule has 112 valence electrons. The molecule has 0 amide bonds. The molecule has 1 heterocycles. The van der Waals surface area contributed by atoms with Crippen LogP contribution in [-0.4, -0.2) is 18.4 Å². The van der Waals surface area contributed by atoms with Crippen LogP contribution in [-0.2, 0) is 15.6 Å². The molecule has 0 atom stereocenters. The first-order valence-corrected chi connectivity index (χ1v) is 8.45. The second kappa shape index (κ2) is 5.55. The maximum Gasteiger partial charge on any atom is 0.271 e. The van der Waals surface area contributed by atoms with Crippen LogP contribution < -0.4 is 5.56 Å². The van der Waals surface area contributed by atoms with Gasteiger partial charge in [-0.15, -0.1) is 0 Å². The lowest BCUT2D eigenvalue weighted by Gasteiger charge is -2.05. The number of H-pyrrole nitrogens is 1. The van der Waals surface area contributed by atoms with Gasteiger partial charge in [0, 0.05) is 5.02 Å². The van der Waals surface area contributed by atoms with E-state index < -0.39 is 21.1 Å². The Labute approximate surface area is 131 Å². The summed E-state index contributed by atoms with van der Waals surface area (Å²) in [5.74, 6) is -0.463. The average molecular weight is 335 g/mol. The third kappa shape index (κ3) is 2.88. The zero-order chi connectivity index (χ0) is 15.7. The molecule has 3 rings (SSSR count). The molecule has 0 aliphatic carbocycles. The van der Waals surface area contributed by atoms with E-state index in [4.69, 9.17) is 11.6 Å². The Kier molecular flexibility index (Phi) is 3.72. The Morgan fingerprint density at radius 3 is 2.45 bits per heavy atom. The Balaban J connectivity index is 2.03. The summed E-state index contributed by atoms with van der Waals surface area (Å²) >= 11 is 5.75. The van der Waals surface area contributed by atoms with Gasteiger partial charge in [0.15, 0.2) is 9.84 Å². The van der Waals surface area contributed by atoms with E-state index in [2.05, 4.69) is 9.97 Å². The van der Waals surface area contributed by atoms with Crippen LogP contribution in [0.2, 0.25) is 5.02 Å². The molecule has 0 saturated carbocycles. The van der Waals surface area contributed by atoms with E-state index in [1.54, 1.807) is 24.3 Å². The van der Waals surface area contributed by atoms with Crippen LogP contribution in [0.25, 0.3) is 11.0 Å². The third-order valence-corrected chi connectivity index (χ3v) is 5.07. The van der Waals surface area contributed by atoms with Crippen molar-refractivity contribution in [2.45, 2.75) is 10.6 Å². The van der Waals surface area contributed by atoms with E-state index in [-0.39, 0.29) is 10.6 Å². The minimum atomic E-state index is -3.66. The van der Waals surface area contributed by atoms with E-state index in [1.165, 1.54) is 24.3 Å². The second-order valence-electron chi connectivity index (χ2n) is 4.74. The summed E-state index contributed by atoms with van der Waals surface area (Å²) in [7, 11) is -3.66. The number of aromatic amines is 1. The molecule has 1 aromatic heterocycles. The van der Waals surface area contributed by atoms with Crippen molar-refractivity contribution in [1.82, 2.24) is 9.97 Å². The number of nitrogens with zero attached hydrogens (tertiary/aromatic N) is 1. The Morgan fingerprint density at radius 1 is 1.05 bits per heavy atom. The number of rotatable bonds is 3. The number of nitrogens with one attached hydrogen (secondary N) is 1. The van der Waals surface area contributed by atoms with E-state index in [0.717, 1.165) is 0 Å². The highest BCUT2D eigenvalue weighted by Crippen LogP contribution is 2.18. The zero-order valence-electron chi connectivity index (χ0n) is 11.3. The second-order valence-corrected chi connectivity index (χ2v) is 7.17. The van der Waals surface area contributed by atoms with Gasteiger partial charge in [0.2, 0.25) is 0 Å². The predicted octanol–water partition coefficient (Wildman–Crippen LogP) is 2.55. The number of fused-ring (bicyclic) bond motifs is 1. The lowest BCUT2D eigenvalue weighted by molar-refractivity contribution is 0.594. The highest BCUT2D eigenvalue weighted by Gasteiger charge is 2.18. The van der Waals surface area contributed by atoms with Crippen molar-refractivity contribution in [1.29, 1.82) is 0 Å². The van der Waals surface area contributed by atoms with Crippen LogP contribution in [0.5, 0.6) is 0 Å². The van der Waals surface area contributed by atoms with Crippen LogP contribution in [0.15, 0.2) is 58.2 Å². The molecule has 0 aliphatic rings.